The van der Waals surface area contributed by atoms with E-state index in [-0.39, 0.29) is 6.04 Å². The molecule has 1 unspecified atom stereocenters. The third-order valence-corrected chi connectivity index (χ3v) is 3.41. The zero-order valence-electron chi connectivity index (χ0n) is 12.6. The molecule has 0 saturated carbocycles. The summed E-state index contributed by atoms with van der Waals surface area (Å²) in [6.45, 7) is 5.76. The molecule has 21 heavy (non-hydrogen) atoms. The highest BCUT2D eigenvalue weighted by Gasteiger charge is 2.15. The van der Waals surface area contributed by atoms with Gasteiger partial charge in [0.15, 0.2) is 0 Å². The van der Waals surface area contributed by atoms with Crippen molar-refractivity contribution in [1.29, 1.82) is 0 Å². The average molecular weight is 309 g/mol. The molecule has 0 saturated heterocycles. The summed E-state index contributed by atoms with van der Waals surface area (Å²) >= 11 is 5.88. The van der Waals surface area contributed by atoms with Gasteiger partial charge in [0.05, 0.1) is 6.04 Å². The monoisotopic (exact) mass is 308 g/mol. The van der Waals surface area contributed by atoms with Crippen molar-refractivity contribution < 1.29 is 4.42 Å². The van der Waals surface area contributed by atoms with Crippen LogP contribution in [0.15, 0.2) is 28.7 Å². The van der Waals surface area contributed by atoms with Gasteiger partial charge in [0.25, 0.3) is 0 Å². The number of nitrogens with one attached hydrogen (secondary N) is 1. The Morgan fingerprint density at radius 1 is 1.29 bits per heavy atom. The van der Waals surface area contributed by atoms with Gasteiger partial charge in [-0.25, -0.2) is 0 Å². The third-order valence-electron chi connectivity index (χ3n) is 3.16. The molecule has 0 fully saturated rings. The molecule has 1 atom stereocenters. The van der Waals surface area contributed by atoms with Gasteiger partial charge in [0.2, 0.25) is 5.89 Å². The van der Waals surface area contributed by atoms with Gasteiger partial charge in [-0.05, 0) is 37.6 Å². The molecule has 0 aliphatic carbocycles. The number of rotatable bonds is 7. The van der Waals surface area contributed by atoms with Crippen LogP contribution in [0.4, 0.5) is 6.01 Å². The minimum Gasteiger partial charge on any atom is -0.406 e. The van der Waals surface area contributed by atoms with Crippen molar-refractivity contribution in [2.45, 2.75) is 32.9 Å². The van der Waals surface area contributed by atoms with Crippen molar-refractivity contribution >= 4 is 17.6 Å². The maximum absolute atomic E-state index is 5.88. The maximum atomic E-state index is 5.88. The molecule has 2 aromatic rings. The quantitative estimate of drug-likeness (QED) is 0.849. The van der Waals surface area contributed by atoms with Crippen LogP contribution >= 0.6 is 11.6 Å². The minimum atomic E-state index is 0.0649. The summed E-state index contributed by atoms with van der Waals surface area (Å²) in [5.41, 5.74) is 1.14. The van der Waals surface area contributed by atoms with E-state index >= 15 is 0 Å². The fraction of sp³-hybridized carbons (Fsp3) is 0.467. The Labute approximate surface area is 130 Å². The van der Waals surface area contributed by atoms with Crippen LogP contribution in [-0.4, -0.2) is 23.8 Å². The Bertz CT molecular complexity index is 555. The fourth-order valence-corrected chi connectivity index (χ4v) is 2.06. The van der Waals surface area contributed by atoms with E-state index in [1.165, 1.54) is 0 Å². The average Bonchev–Trinajstić information content (AvgIpc) is 2.97. The highest BCUT2D eigenvalue weighted by atomic mass is 35.5. The number of nitrogens with zero attached hydrogens (tertiary/aromatic N) is 3. The molecule has 0 radical (unpaired) electrons. The van der Waals surface area contributed by atoms with E-state index in [1.54, 1.807) is 0 Å². The molecule has 0 aliphatic rings. The van der Waals surface area contributed by atoms with Crippen LogP contribution in [0.25, 0.3) is 0 Å². The molecule has 6 heteroatoms. The van der Waals surface area contributed by atoms with E-state index in [4.69, 9.17) is 16.0 Å². The summed E-state index contributed by atoms with van der Waals surface area (Å²) in [4.78, 5) is 1.92. The normalized spacial score (nSPS) is 12.4. The first kappa shape index (κ1) is 15.8. The van der Waals surface area contributed by atoms with Crippen LogP contribution in [0, 0.1) is 0 Å². The molecule has 0 spiro atoms. The highest BCUT2D eigenvalue weighted by Crippen LogP contribution is 2.18. The largest absolute Gasteiger partial charge is 0.406 e. The Hall–Kier alpha value is -1.59. The molecule has 2 rings (SSSR count). The third kappa shape index (κ3) is 4.44. The van der Waals surface area contributed by atoms with E-state index in [9.17, 15) is 0 Å². The van der Waals surface area contributed by atoms with Crippen LogP contribution in [0.5, 0.6) is 0 Å². The Kier molecular flexibility index (Phi) is 5.59. The SMILES string of the molecule is CCCNC(C)c1nnc(N(C)Cc2ccc(Cl)cc2)o1. The summed E-state index contributed by atoms with van der Waals surface area (Å²) in [5, 5.41) is 12.3. The van der Waals surface area contributed by atoms with Crippen LogP contribution in [0.2, 0.25) is 5.02 Å². The zero-order valence-corrected chi connectivity index (χ0v) is 13.4. The van der Waals surface area contributed by atoms with Gasteiger partial charge in [-0.15, -0.1) is 5.10 Å². The van der Waals surface area contributed by atoms with E-state index in [0.29, 0.717) is 18.5 Å². The molecule has 1 aromatic carbocycles. The summed E-state index contributed by atoms with van der Waals surface area (Å²) < 4.78 is 5.72. The Balaban J connectivity index is 1.98. The van der Waals surface area contributed by atoms with E-state index < -0.39 is 0 Å². The molecular formula is C15H21ClN4O. The predicted molar refractivity (Wildman–Crippen MR) is 84.6 cm³/mol. The van der Waals surface area contributed by atoms with Gasteiger partial charge in [0, 0.05) is 18.6 Å². The molecule has 1 N–H and O–H groups in total. The second kappa shape index (κ2) is 7.43. The standard InChI is InChI=1S/C15H21ClN4O/c1-4-9-17-11(2)14-18-19-15(21-14)20(3)10-12-5-7-13(16)8-6-12/h5-8,11,17H,4,9-10H2,1-3H3. The summed E-state index contributed by atoms with van der Waals surface area (Å²) in [5.74, 6) is 0.612. The lowest BCUT2D eigenvalue weighted by Gasteiger charge is -2.14. The van der Waals surface area contributed by atoms with Gasteiger partial charge in [-0.1, -0.05) is 35.8 Å². The molecule has 0 amide bonds. The zero-order chi connectivity index (χ0) is 15.2. The van der Waals surface area contributed by atoms with E-state index in [1.807, 2.05) is 43.1 Å². The van der Waals surface area contributed by atoms with Crippen LogP contribution < -0.4 is 10.2 Å². The highest BCUT2D eigenvalue weighted by molar-refractivity contribution is 6.30. The number of halogens is 1. The van der Waals surface area contributed by atoms with Crippen molar-refractivity contribution in [2.24, 2.45) is 0 Å². The predicted octanol–water partition coefficient (Wildman–Crippen LogP) is 3.42. The summed E-state index contributed by atoms with van der Waals surface area (Å²) in [7, 11) is 1.93. The molecule has 0 bridgehead atoms. The maximum Gasteiger partial charge on any atom is 0.318 e. The molecule has 1 aromatic heterocycles. The second-order valence-corrected chi connectivity index (χ2v) is 5.52. The number of aromatic nitrogens is 2. The summed E-state index contributed by atoms with van der Waals surface area (Å²) in [6.07, 6.45) is 1.07. The van der Waals surface area contributed by atoms with Crippen molar-refractivity contribution in [3.05, 3.63) is 40.7 Å². The van der Waals surface area contributed by atoms with E-state index in [0.717, 1.165) is 23.6 Å². The second-order valence-electron chi connectivity index (χ2n) is 5.08. The van der Waals surface area contributed by atoms with Gasteiger partial charge in [-0.2, -0.15) is 0 Å². The Morgan fingerprint density at radius 3 is 2.67 bits per heavy atom. The van der Waals surface area contributed by atoms with Gasteiger partial charge in [0.1, 0.15) is 0 Å². The number of benzene rings is 1. The molecule has 5 nitrogen and oxygen atoms in total. The molecule has 1 heterocycles. The van der Waals surface area contributed by atoms with Crippen molar-refractivity contribution in [1.82, 2.24) is 15.5 Å². The van der Waals surface area contributed by atoms with E-state index in [2.05, 4.69) is 22.4 Å². The number of hydrogen-bond acceptors (Lipinski definition) is 5. The number of hydrogen-bond donors (Lipinski definition) is 1. The van der Waals surface area contributed by atoms with Crippen LogP contribution in [0.3, 0.4) is 0 Å². The summed E-state index contributed by atoms with van der Waals surface area (Å²) in [6, 6.07) is 8.31. The van der Waals surface area contributed by atoms with Gasteiger partial charge >= 0.3 is 6.01 Å². The first-order valence-corrected chi connectivity index (χ1v) is 7.50. The van der Waals surface area contributed by atoms with Crippen LogP contribution in [-0.2, 0) is 6.54 Å². The first-order chi connectivity index (χ1) is 10.1. The minimum absolute atomic E-state index is 0.0649. The molecular weight excluding hydrogens is 288 g/mol. The van der Waals surface area contributed by atoms with Gasteiger partial charge in [-0.3, -0.25) is 0 Å². The van der Waals surface area contributed by atoms with Crippen molar-refractivity contribution in [2.75, 3.05) is 18.5 Å². The van der Waals surface area contributed by atoms with Gasteiger partial charge < -0.3 is 14.6 Å². The fourth-order valence-electron chi connectivity index (χ4n) is 1.94. The Morgan fingerprint density at radius 2 is 2.00 bits per heavy atom. The molecule has 0 aliphatic heterocycles. The topological polar surface area (TPSA) is 54.2 Å². The lowest BCUT2D eigenvalue weighted by Crippen LogP contribution is -2.19. The van der Waals surface area contributed by atoms with Crippen molar-refractivity contribution in [3.8, 4) is 0 Å². The number of anilines is 1. The molecule has 114 valence electrons. The van der Waals surface area contributed by atoms with Crippen molar-refractivity contribution in [3.63, 3.8) is 0 Å². The lowest BCUT2D eigenvalue weighted by atomic mass is 10.2. The smallest absolute Gasteiger partial charge is 0.318 e. The van der Waals surface area contributed by atoms with Crippen LogP contribution in [0.1, 0.15) is 37.8 Å². The lowest BCUT2D eigenvalue weighted by molar-refractivity contribution is 0.416. The first-order valence-electron chi connectivity index (χ1n) is 7.12.